The highest BCUT2D eigenvalue weighted by molar-refractivity contribution is 5.96. The number of hydrogen-bond donors (Lipinski definition) is 0. The van der Waals surface area contributed by atoms with Gasteiger partial charge in [0, 0.05) is 18.7 Å². The number of nitrogens with zero attached hydrogens (tertiary/aromatic N) is 2. The third kappa shape index (κ3) is 2.93. The molecule has 3 rings (SSSR count). The molecule has 1 unspecified atom stereocenters. The molecule has 0 aliphatic carbocycles. The lowest BCUT2D eigenvalue weighted by Crippen LogP contribution is -2.45. The Morgan fingerprint density at radius 1 is 1.27 bits per heavy atom. The van der Waals surface area contributed by atoms with Gasteiger partial charge in [0.25, 0.3) is 0 Å². The highest BCUT2D eigenvalue weighted by Crippen LogP contribution is 2.34. The Hall–Kier alpha value is -2.04. The first-order valence-corrected chi connectivity index (χ1v) is 7.89. The number of carbonyl (C=O) groups excluding carboxylic acids is 2. The predicted octanol–water partition coefficient (Wildman–Crippen LogP) is 2.10. The molecule has 0 spiro atoms. The van der Waals surface area contributed by atoms with E-state index in [1.165, 1.54) is 0 Å². The molecule has 0 bridgehead atoms. The fourth-order valence-electron chi connectivity index (χ4n) is 3.13. The summed E-state index contributed by atoms with van der Waals surface area (Å²) in [5.41, 5.74) is 1.49. The van der Waals surface area contributed by atoms with E-state index in [1.54, 1.807) is 13.0 Å². The Morgan fingerprint density at radius 2 is 2.00 bits per heavy atom. The molecule has 0 radical (unpaired) electrons. The number of carbonyl (C=O) groups is 2. The summed E-state index contributed by atoms with van der Waals surface area (Å²) >= 11 is 0. The van der Waals surface area contributed by atoms with Crippen LogP contribution in [0.15, 0.2) is 18.2 Å². The molecular weight excluding hydrogens is 280 g/mol. The topological polar surface area (TPSA) is 49.9 Å². The van der Waals surface area contributed by atoms with Crippen LogP contribution in [0.1, 0.15) is 37.0 Å². The minimum absolute atomic E-state index is 0.0206. The van der Waals surface area contributed by atoms with Gasteiger partial charge in [0.2, 0.25) is 5.91 Å². The van der Waals surface area contributed by atoms with Gasteiger partial charge in [0.05, 0.1) is 18.8 Å². The van der Waals surface area contributed by atoms with Gasteiger partial charge >= 0.3 is 0 Å². The van der Waals surface area contributed by atoms with Crippen molar-refractivity contribution >= 4 is 17.4 Å². The SMILES string of the molecule is CC(=O)c1ccc2c(c1)N(CC(=O)N1CCCC1)CC(C)O2. The van der Waals surface area contributed by atoms with Crippen LogP contribution in [0.5, 0.6) is 5.75 Å². The van der Waals surface area contributed by atoms with Gasteiger partial charge < -0.3 is 14.5 Å². The first kappa shape index (κ1) is 14.9. The van der Waals surface area contributed by atoms with Crippen molar-refractivity contribution in [2.75, 3.05) is 31.1 Å². The van der Waals surface area contributed by atoms with E-state index in [4.69, 9.17) is 4.74 Å². The van der Waals surface area contributed by atoms with Crippen molar-refractivity contribution in [3.05, 3.63) is 23.8 Å². The van der Waals surface area contributed by atoms with E-state index in [-0.39, 0.29) is 17.8 Å². The molecule has 1 amide bonds. The zero-order valence-corrected chi connectivity index (χ0v) is 13.2. The molecule has 2 aliphatic heterocycles. The van der Waals surface area contributed by atoms with E-state index in [0.29, 0.717) is 18.7 Å². The molecule has 5 heteroatoms. The van der Waals surface area contributed by atoms with Gasteiger partial charge in [0.15, 0.2) is 5.78 Å². The summed E-state index contributed by atoms with van der Waals surface area (Å²) in [4.78, 5) is 28.0. The van der Waals surface area contributed by atoms with Crippen LogP contribution in [0.2, 0.25) is 0 Å². The molecule has 2 heterocycles. The lowest BCUT2D eigenvalue weighted by Gasteiger charge is -2.35. The van der Waals surface area contributed by atoms with Crippen LogP contribution < -0.4 is 9.64 Å². The van der Waals surface area contributed by atoms with Gasteiger partial charge in [-0.3, -0.25) is 9.59 Å². The lowest BCUT2D eigenvalue weighted by molar-refractivity contribution is -0.128. The molecule has 1 fully saturated rings. The van der Waals surface area contributed by atoms with Gasteiger partial charge in [0.1, 0.15) is 11.9 Å². The van der Waals surface area contributed by atoms with Crippen LogP contribution in [0.3, 0.4) is 0 Å². The van der Waals surface area contributed by atoms with E-state index >= 15 is 0 Å². The first-order valence-electron chi connectivity index (χ1n) is 7.89. The molecule has 0 N–H and O–H groups in total. The number of anilines is 1. The van der Waals surface area contributed by atoms with E-state index in [2.05, 4.69) is 0 Å². The second-order valence-corrected chi connectivity index (χ2v) is 6.14. The van der Waals surface area contributed by atoms with Gasteiger partial charge in [-0.25, -0.2) is 0 Å². The normalized spacial score (nSPS) is 20.5. The van der Waals surface area contributed by atoms with Crippen molar-refractivity contribution in [2.45, 2.75) is 32.8 Å². The zero-order chi connectivity index (χ0) is 15.7. The molecule has 118 valence electrons. The van der Waals surface area contributed by atoms with E-state index in [9.17, 15) is 9.59 Å². The summed E-state index contributed by atoms with van der Waals surface area (Å²) in [5.74, 6) is 0.927. The van der Waals surface area contributed by atoms with Crippen LogP contribution in [0.4, 0.5) is 5.69 Å². The number of hydrogen-bond acceptors (Lipinski definition) is 4. The van der Waals surface area contributed by atoms with Crippen molar-refractivity contribution in [1.82, 2.24) is 4.90 Å². The third-order valence-corrected chi connectivity index (χ3v) is 4.30. The summed E-state index contributed by atoms with van der Waals surface area (Å²) in [7, 11) is 0. The maximum Gasteiger partial charge on any atom is 0.242 e. The van der Waals surface area contributed by atoms with Crippen molar-refractivity contribution in [3.63, 3.8) is 0 Å². The Bertz CT molecular complexity index is 594. The number of Topliss-reactive ketones (excluding diaryl/α,β-unsaturated/α-hetero) is 1. The van der Waals surface area contributed by atoms with Crippen LogP contribution in [-0.4, -0.2) is 48.9 Å². The first-order chi connectivity index (χ1) is 10.5. The number of amides is 1. The number of fused-ring (bicyclic) bond motifs is 1. The number of benzene rings is 1. The zero-order valence-electron chi connectivity index (χ0n) is 13.2. The van der Waals surface area contributed by atoms with E-state index in [1.807, 2.05) is 28.9 Å². The van der Waals surface area contributed by atoms with E-state index < -0.39 is 0 Å². The monoisotopic (exact) mass is 302 g/mol. The van der Waals surface area contributed by atoms with E-state index in [0.717, 1.165) is 37.4 Å². The Morgan fingerprint density at radius 3 is 2.68 bits per heavy atom. The van der Waals surface area contributed by atoms with Crippen LogP contribution in [0, 0.1) is 0 Å². The molecule has 1 atom stereocenters. The molecular formula is C17H22N2O3. The van der Waals surface area contributed by atoms with Crippen LogP contribution in [0.25, 0.3) is 0 Å². The number of ether oxygens (including phenoxy) is 1. The average Bonchev–Trinajstić information content (AvgIpc) is 3.00. The van der Waals surface area contributed by atoms with Gasteiger partial charge in [-0.15, -0.1) is 0 Å². The number of rotatable bonds is 3. The van der Waals surface area contributed by atoms with Crippen LogP contribution in [-0.2, 0) is 4.79 Å². The fourth-order valence-corrected chi connectivity index (χ4v) is 3.13. The molecule has 1 aromatic carbocycles. The summed E-state index contributed by atoms with van der Waals surface area (Å²) in [6.07, 6.45) is 2.22. The predicted molar refractivity (Wildman–Crippen MR) is 84.6 cm³/mol. The van der Waals surface area contributed by atoms with Gasteiger partial charge in [-0.1, -0.05) is 0 Å². The Labute approximate surface area is 130 Å². The maximum absolute atomic E-state index is 12.4. The molecule has 5 nitrogen and oxygen atoms in total. The lowest BCUT2D eigenvalue weighted by atomic mass is 10.1. The van der Waals surface area contributed by atoms with Crippen molar-refractivity contribution in [2.24, 2.45) is 0 Å². The van der Waals surface area contributed by atoms with Crippen LogP contribution >= 0.6 is 0 Å². The minimum atomic E-state index is 0.0206. The largest absolute Gasteiger partial charge is 0.487 e. The molecule has 0 aromatic heterocycles. The second kappa shape index (κ2) is 5.99. The maximum atomic E-state index is 12.4. The Balaban J connectivity index is 1.84. The molecule has 2 aliphatic rings. The van der Waals surface area contributed by atoms with Crippen molar-refractivity contribution < 1.29 is 14.3 Å². The molecule has 1 saturated heterocycles. The summed E-state index contributed by atoms with van der Waals surface area (Å²) < 4.78 is 5.83. The summed E-state index contributed by atoms with van der Waals surface area (Å²) in [5, 5.41) is 0. The van der Waals surface area contributed by atoms with Crippen molar-refractivity contribution in [1.29, 1.82) is 0 Å². The highest BCUT2D eigenvalue weighted by Gasteiger charge is 2.27. The number of likely N-dealkylation sites (tertiary alicyclic amines) is 1. The number of ketones is 1. The second-order valence-electron chi connectivity index (χ2n) is 6.14. The molecule has 1 aromatic rings. The fraction of sp³-hybridized carbons (Fsp3) is 0.529. The average molecular weight is 302 g/mol. The quantitative estimate of drug-likeness (QED) is 0.802. The smallest absolute Gasteiger partial charge is 0.242 e. The molecule has 22 heavy (non-hydrogen) atoms. The highest BCUT2D eigenvalue weighted by atomic mass is 16.5. The minimum Gasteiger partial charge on any atom is -0.487 e. The Kier molecular flexibility index (Phi) is 4.05. The standard InChI is InChI=1S/C17H22N2O3/c1-12-10-19(11-17(21)18-7-3-4-8-18)15-9-14(13(2)20)5-6-16(15)22-12/h5-6,9,12H,3-4,7-8,10-11H2,1-2H3. The van der Waals surface area contributed by atoms with Gasteiger partial charge in [-0.2, -0.15) is 0 Å². The molecule has 0 saturated carbocycles. The summed E-state index contributed by atoms with van der Waals surface area (Å²) in [6, 6.07) is 5.44. The third-order valence-electron chi connectivity index (χ3n) is 4.30. The summed E-state index contributed by atoms with van der Waals surface area (Å²) in [6.45, 7) is 6.27. The van der Waals surface area contributed by atoms with Crippen molar-refractivity contribution in [3.8, 4) is 5.75 Å². The van der Waals surface area contributed by atoms with Gasteiger partial charge in [-0.05, 0) is 44.9 Å².